The first-order valence-corrected chi connectivity index (χ1v) is 10.1. The first-order valence-electron chi connectivity index (χ1n) is 8.85. The quantitative estimate of drug-likeness (QED) is 0.475. The van der Waals surface area contributed by atoms with Crippen LogP contribution in [0, 0.1) is 5.82 Å². The van der Waals surface area contributed by atoms with E-state index >= 15 is 0 Å². The van der Waals surface area contributed by atoms with Crippen molar-refractivity contribution in [2.45, 2.75) is 6.42 Å². The zero-order chi connectivity index (χ0) is 20.6. The summed E-state index contributed by atoms with van der Waals surface area (Å²) in [5, 5.41) is 5.43. The molecule has 0 aliphatic carbocycles. The van der Waals surface area contributed by atoms with Gasteiger partial charge in [-0.2, -0.15) is 0 Å². The molecule has 0 radical (unpaired) electrons. The summed E-state index contributed by atoms with van der Waals surface area (Å²) in [5.74, 6) is -0.121. The zero-order valence-corrected chi connectivity index (χ0v) is 17.7. The van der Waals surface area contributed by atoms with Gasteiger partial charge in [0.05, 0.1) is 11.1 Å². The number of carbonyl (C=O) groups is 1. The van der Waals surface area contributed by atoms with Crippen LogP contribution in [-0.2, 0) is 6.42 Å². The molecule has 0 aliphatic heterocycles. The molecule has 0 heterocycles. The van der Waals surface area contributed by atoms with Crippen LogP contribution in [-0.4, -0.2) is 17.6 Å². The average Bonchev–Trinajstić information content (AvgIpc) is 2.70. The lowest BCUT2D eigenvalue weighted by Gasteiger charge is -2.12. The summed E-state index contributed by atoms with van der Waals surface area (Å²) in [6, 6.07) is 20.9. The summed E-state index contributed by atoms with van der Waals surface area (Å²) in [4.78, 5) is 12.4. The Bertz CT molecular complexity index is 1010. The maximum Gasteiger partial charge on any atom is 0.257 e. The van der Waals surface area contributed by atoms with Gasteiger partial charge in [-0.1, -0.05) is 36.4 Å². The highest BCUT2D eigenvalue weighted by molar-refractivity contribution is 9.10. The zero-order valence-electron chi connectivity index (χ0n) is 15.3. The van der Waals surface area contributed by atoms with Gasteiger partial charge in [-0.15, -0.1) is 0 Å². The third-order valence-corrected chi connectivity index (χ3v) is 4.82. The molecule has 3 aromatic rings. The fraction of sp³-hybridized carbons (Fsp3) is 0.0909. The van der Waals surface area contributed by atoms with Gasteiger partial charge in [-0.05, 0) is 70.1 Å². The molecule has 0 aliphatic rings. The third kappa shape index (κ3) is 6.37. The maximum atomic E-state index is 13.2. The topological polar surface area (TPSA) is 50.4 Å². The number of amides is 1. The minimum Gasteiger partial charge on any atom is -0.492 e. The van der Waals surface area contributed by atoms with Crippen LogP contribution >= 0.6 is 28.1 Å². The number of carbonyl (C=O) groups excluding carboxylic acids is 1. The van der Waals surface area contributed by atoms with Crippen LogP contribution < -0.4 is 15.4 Å². The van der Waals surface area contributed by atoms with E-state index in [0.29, 0.717) is 28.1 Å². The van der Waals surface area contributed by atoms with E-state index in [1.165, 1.54) is 17.7 Å². The van der Waals surface area contributed by atoms with Crippen molar-refractivity contribution in [1.29, 1.82) is 0 Å². The Morgan fingerprint density at radius 3 is 2.55 bits per heavy atom. The molecule has 3 aromatic carbocycles. The van der Waals surface area contributed by atoms with E-state index in [4.69, 9.17) is 17.0 Å². The molecule has 0 aromatic heterocycles. The van der Waals surface area contributed by atoms with Crippen molar-refractivity contribution in [3.05, 3.63) is 94.2 Å². The Labute approximate surface area is 182 Å². The number of anilines is 1. The molecule has 7 heteroatoms. The number of nitrogens with one attached hydrogen (secondary N) is 2. The Kier molecular flexibility index (Phi) is 7.32. The van der Waals surface area contributed by atoms with Crippen molar-refractivity contribution in [2.75, 3.05) is 11.9 Å². The molecular formula is C22H18BrFN2O2S. The highest BCUT2D eigenvalue weighted by Gasteiger charge is 2.11. The normalized spacial score (nSPS) is 10.3. The second-order valence-corrected chi connectivity index (χ2v) is 7.41. The van der Waals surface area contributed by atoms with E-state index in [1.807, 2.05) is 30.3 Å². The minimum atomic E-state index is -0.393. The highest BCUT2D eigenvalue weighted by Crippen LogP contribution is 2.26. The highest BCUT2D eigenvalue weighted by atomic mass is 79.9. The van der Waals surface area contributed by atoms with Gasteiger partial charge in [0.15, 0.2) is 5.11 Å². The first kappa shape index (κ1) is 21.0. The third-order valence-electron chi connectivity index (χ3n) is 3.99. The van der Waals surface area contributed by atoms with Gasteiger partial charge in [-0.3, -0.25) is 10.1 Å². The van der Waals surface area contributed by atoms with Crippen molar-refractivity contribution in [1.82, 2.24) is 5.32 Å². The van der Waals surface area contributed by atoms with E-state index in [2.05, 4.69) is 26.6 Å². The number of thiocarbonyl (C=S) groups is 1. The van der Waals surface area contributed by atoms with Gasteiger partial charge in [0.1, 0.15) is 11.6 Å². The van der Waals surface area contributed by atoms with Crippen molar-refractivity contribution >= 4 is 44.9 Å². The smallest absolute Gasteiger partial charge is 0.257 e. The predicted molar refractivity (Wildman–Crippen MR) is 120 cm³/mol. The van der Waals surface area contributed by atoms with Gasteiger partial charge in [0, 0.05) is 17.7 Å². The lowest BCUT2D eigenvalue weighted by Crippen LogP contribution is -2.34. The summed E-state index contributed by atoms with van der Waals surface area (Å²) < 4.78 is 19.7. The average molecular weight is 473 g/mol. The molecule has 0 bridgehead atoms. The second kappa shape index (κ2) is 10.1. The fourth-order valence-corrected chi connectivity index (χ4v) is 3.29. The molecule has 3 rings (SSSR count). The van der Waals surface area contributed by atoms with Crippen LogP contribution in [0.1, 0.15) is 15.9 Å². The Hall–Kier alpha value is -2.77. The van der Waals surface area contributed by atoms with E-state index in [0.717, 1.165) is 6.42 Å². The standard InChI is InChI=1S/C22H18BrFN2O2S/c23-19-13-16(9-10-20(19)28-12-11-15-5-2-1-3-6-15)21(27)26-22(29)25-18-8-4-7-17(24)14-18/h1-10,13-14H,11-12H2,(H2,25,26,27,29). The largest absolute Gasteiger partial charge is 0.492 e. The lowest BCUT2D eigenvalue weighted by atomic mass is 10.2. The summed E-state index contributed by atoms with van der Waals surface area (Å²) in [6.07, 6.45) is 0.787. The molecule has 0 spiro atoms. The van der Waals surface area contributed by atoms with Crippen LogP contribution in [0.5, 0.6) is 5.75 Å². The van der Waals surface area contributed by atoms with Gasteiger partial charge < -0.3 is 10.1 Å². The monoisotopic (exact) mass is 472 g/mol. The number of rotatable bonds is 6. The summed E-state index contributed by atoms with van der Waals surface area (Å²) in [6.45, 7) is 0.524. The summed E-state index contributed by atoms with van der Waals surface area (Å²) in [7, 11) is 0. The van der Waals surface area contributed by atoms with Gasteiger partial charge >= 0.3 is 0 Å². The molecule has 0 atom stereocenters. The number of hydrogen-bond donors (Lipinski definition) is 2. The predicted octanol–water partition coefficient (Wildman–Crippen LogP) is 5.34. The molecule has 4 nitrogen and oxygen atoms in total. The minimum absolute atomic E-state index is 0.0833. The molecule has 0 fully saturated rings. The van der Waals surface area contributed by atoms with Crippen LogP contribution in [0.2, 0.25) is 0 Å². The Morgan fingerprint density at radius 2 is 1.83 bits per heavy atom. The van der Waals surface area contributed by atoms with Crippen LogP contribution in [0.3, 0.4) is 0 Å². The molecular weight excluding hydrogens is 455 g/mol. The molecule has 0 unspecified atom stereocenters. The molecule has 0 saturated carbocycles. The number of hydrogen-bond acceptors (Lipinski definition) is 3. The van der Waals surface area contributed by atoms with Gasteiger partial charge in [0.2, 0.25) is 0 Å². The van der Waals surface area contributed by atoms with Crippen molar-refractivity contribution in [3.8, 4) is 5.75 Å². The lowest BCUT2D eigenvalue weighted by molar-refractivity contribution is 0.0977. The molecule has 29 heavy (non-hydrogen) atoms. The van der Waals surface area contributed by atoms with Crippen LogP contribution in [0.15, 0.2) is 77.3 Å². The Morgan fingerprint density at radius 1 is 1.03 bits per heavy atom. The summed E-state index contributed by atoms with van der Waals surface area (Å²) in [5.41, 5.74) is 2.06. The maximum absolute atomic E-state index is 13.2. The number of ether oxygens (including phenoxy) is 1. The second-order valence-electron chi connectivity index (χ2n) is 6.15. The molecule has 2 N–H and O–H groups in total. The molecule has 148 valence electrons. The van der Waals surface area contributed by atoms with Crippen molar-refractivity contribution in [2.24, 2.45) is 0 Å². The molecule has 1 amide bonds. The van der Waals surface area contributed by atoms with Gasteiger partial charge in [-0.25, -0.2) is 4.39 Å². The van der Waals surface area contributed by atoms with Crippen molar-refractivity contribution in [3.63, 3.8) is 0 Å². The first-order chi connectivity index (χ1) is 14.0. The fourth-order valence-electron chi connectivity index (χ4n) is 2.59. The van der Waals surface area contributed by atoms with E-state index in [1.54, 1.807) is 30.3 Å². The summed E-state index contributed by atoms with van der Waals surface area (Å²) >= 11 is 8.55. The van der Waals surface area contributed by atoms with E-state index in [9.17, 15) is 9.18 Å². The number of halogens is 2. The SMILES string of the molecule is O=C(NC(=S)Nc1cccc(F)c1)c1ccc(OCCc2ccccc2)c(Br)c1. The Balaban J connectivity index is 1.54. The number of benzene rings is 3. The van der Waals surface area contributed by atoms with Gasteiger partial charge in [0.25, 0.3) is 5.91 Å². The van der Waals surface area contributed by atoms with Crippen LogP contribution in [0.4, 0.5) is 10.1 Å². The van der Waals surface area contributed by atoms with E-state index in [-0.39, 0.29) is 11.0 Å². The van der Waals surface area contributed by atoms with Crippen molar-refractivity contribution < 1.29 is 13.9 Å². The van der Waals surface area contributed by atoms with E-state index < -0.39 is 5.82 Å². The van der Waals surface area contributed by atoms with Crippen LogP contribution in [0.25, 0.3) is 0 Å². The molecule has 0 saturated heterocycles.